The van der Waals surface area contributed by atoms with Crippen LogP contribution in [0.5, 0.6) is 0 Å². The highest BCUT2D eigenvalue weighted by molar-refractivity contribution is 6.19. The SMILES string of the molecule is Cc1cc(C)c(NC(=O)COC(=O)c2ccc(N3C(=O)CCC3=O)cc2)c(C)c1. The van der Waals surface area contributed by atoms with E-state index in [9.17, 15) is 19.2 Å². The Bertz CT molecular complexity index is 956. The monoisotopic (exact) mass is 394 g/mol. The highest BCUT2D eigenvalue weighted by Gasteiger charge is 2.30. The quantitative estimate of drug-likeness (QED) is 0.621. The van der Waals surface area contributed by atoms with Crippen molar-refractivity contribution in [2.75, 3.05) is 16.8 Å². The average Bonchev–Trinajstić information content (AvgIpc) is 3.01. The number of benzene rings is 2. The first-order valence-corrected chi connectivity index (χ1v) is 9.27. The minimum Gasteiger partial charge on any atom is -0.452 e. The number of carbonyl (C=O) groups is 4. The van der Waals surface area contributed by atoms with Crippen LogP contribution in [0.2, 0.25) is 0 Å². The van der Waals surface area contributed by atoms with E-state index in [4.69, 9.17) is 4.74 Å². The van der Waals surface area contributed by atoms with Gasteiger partial charge in [0.15, 0.2) is 6.61 Å². The van der Waals surface area contributed by atoms with E-state index in [1.165, 1.54) is 24.3 Å². The normalized spacial score (nSPS) is 13.6. The fourth-order valence-corrected chi connectivity index (χ4v) is 3.38. The molecule has 0 unspecified atom stereocenters. The van der Waals surface area contributed by atoms with Gasteiger partial charge in [-0.2, -0.15) is 0 Å². The molecule has 1 saturated heterocycles. The number of aryl methyl sites for hydroxylation is 3. The van der Waals surface area contributed by atoms with E-state index in [0.29, 0.717) is 11.4 Å². The molecule has 29 heavy (non-hydrogen) atoms. The lowest BCUT2D eigenvalue weighted by Crippen LogP contribution is -2.28. The summed E-state index contributed by atoms with van der Waals surface area (Å²) in [6.45, 7) is 5.36. The first-order valence-electron chi connectivity index (χ1n) is 9.27. The van der Waals surface area contributed by atoms with Crippen LogP contribution in [0.4, 0.5) is 11.4 Å². The van der Waals surface area contributed by atoms with Crippen LogP contribution in [0.15, 0.2) is 36.4 Å². The van der Waals surface area contributed by atoms with E-state index in [0.717, 1.165) is 21.6 Å². The fourth-order valence-electron chi connectivity index (χ4n) is 3.38. The minimum absolute atomic E-state index is 0.192. The molecular formula is C22H22N2O5. The Balaban J connectivity index is 1.59. The molecule has 1 N–H and O–H groups in total. The van der Waals surface area contributed by atoms with Crippen LogP contribution in [0.1, 0.15) is 39.9 Å². The maximum atomic E-state index is 12.2. The lowest BCUT2D eigenvalue weighted by atomic mass is 10.1. The number of imide groups is 1. The van der Waals surface area contributed by atoms with Gasteiger partial charge in [-0.15, -0.1) is 0 Å². The number of amides is 3. The number of rotatable bonds is 5. The molecule has 1 fully saturated rings. The van der Waals surface area contributed by atoms with Gasteiger partial charge in [0, 0.05) is 18.5 Å². The van der Waals surface area contributed by atoms with Gasteiger partial charge < -0.3 is 10.1 Å². The highest BCUT2D eigenvalue weighted by atomic mass is 16.5. The lowest BCUT2D eigenvalue weighted by molar-refractivity contribution is -0.121. The molecule has 0 radical (unpaired) electrons. The Morgan fingerprint density at radius 1 is 0.966 bits per heavy atom. The summed E-state index contributed by atoms with van der Waals surface area (Å²) in [4.78, 5) is 49.0. The molecule has 0 spiro atoms. The van der Waals surface area contributed by atoms with Crippen LogP contribution in [-0.2, 0) is 19.1 Å². The molecule has 3 rings (SSSR count). The standard InChI is InChI=1S/C22H22N2O5/c1-13-10-14(2)21(15(3)11-13)23-18(25)12-29-22(28)16-4-6-17(7-5-16)24-19(26)8-9-20(24)27/h4-7,10-11H,8-9,12H2,1-3H3,(H,23,25). The van der Waals surface area contributed by atoms with Crippen molar-refractivity contribution in [1.82, 2.24) is 0 Å². The second kappa shape index (κ2) is 8.26. The number of esters is 1. The Labute approximate surface area is 168 Å². The summed E-state index contributed by atoms with van der Waals surface area (Å²) in [5.41, 5.74) is 4.32. The molecule has 3 amide bonds. The molecule has 0 bridgehead atoms. The fraction of sp³-hybridized carbons (Fsp3) is 0.273. The van der Waals surface area contributed by atoms with Gasteiger partial charge in [0.1, 0.15) is 0 Å². The number of hydrogen-bond acceptors (Lipinski definition) is 5. The van der Waals surface area contributed by atoms with Gasteiger partial charge in [-0.3, -0.25) is 19.3 Å². The third-order valence-electron chi connectivity index (χ3n) is 4.69. The van der Waals surface area contributed by atoms with Gasteiger partial charge in [-0.25, -0.2) is 4.79 Å². The van der Waals surface area contributed by atoms with Crippen molar-refractivity contribution in [3.8, 4) is 0 Å². The summed E-state index contributed by atoms with van der Waals surface area (Å²) in [7, 11) is 0. The van der Waals surface area contributed by atoms with Crippen LogP contribution in [0, 0.1) is 20.8 Å². The summed E-state index contributed by atoms with van der Waals surface area (Å²) in [6, 6.07) is 9.87. The highest BCUT2D eigenvalue weighted by Crippen LogP contribution is 2.23. The van der Waals surface area contributed by atoms with E-state index >= 15 is 0 Å². The Hall–Kier alpha value is -3.48. The van der Waals surface area contributed by atoms with Crippen LogP contribution in [-0.4, -0.2) is 30.3 Å². The van der Waals surface area contributed by atoms with E-state index in [1.807, 2.05) is 32.9 Å². The van der Waals surface area contributed by atoms with Crippen molar-refractivity contribution in [2.45, 2.75) is 33.6 Å². The van der Waals surface area contributed by atoms with Gasteiger partial charge >= 0.3 is 5.97 Å². The molecule has 2 aromatic carbocycles. The third kappa shape index (κ3) is 4.51. The second-order valence-corrected chi connectivity index (χ2v) is 7.07. The molecule has 0 saturated carbocycles. The Kier molecular flexibility index (Phi) is 5.77. The lowest BCUT2D eigenvalue weighted by Gasteiger charge is -2.14. The van der Waals surface area contributed by atoms with Gasteiger partial charge in [0.2, 0.25) is 11.8 Å². The van der Waals surface area contributed by atoms with Crippen molar-refractivity contribution in [3.05, 3.63) is 58.7 Å². The number of anilines is 2. The van der Waals surface area contributed by atoms with E-state index < -0.39 is 18.5 Å². The zero-order chi connectivity index (χ0) is 21.1. The van der Waals surface area contributed by atoms with Gasteiger partial charge in [-0.1, -0.05) is 17.7 Å². The molecule has 7 heteroatoms. The smallest absolute Gasteiger partial charge is 0.338 e. The van der Waals surface area contributed by atoms with Crippen LogP contribution >= 0.6 is 0 Å². The zero-order valence-corrected chi connectivity index (χ0v) is 16.6. The van der Waals surface area contributed by atoms with Crippen molar-refractivity contribution < 1.29 is 23.9 Å². The summed E-state index contributed by atoms with van der Waals surface area (Å²) in [5.74, 6) is -1.62. The predicted octanol–water partition coefficient (Wildman–Crippen LogP) is 3.06. The van der Waals surface area contributed by atoms with Crippen LogP contribution in [0.3, 0.4) is 0 Å². The van der Waals surface area contributed by atoms with E-state index in [1.54, 1.807) is 0 Å². The van der Waals surface area contributed by atoms with E-state index in [-0.39, 0.29) is 30.2 Å². The number of nitrogens with one attached hydrogen (secondary N) is 1. The molecule has 1 aliphatic heterocycles. The minimum atomic E-state index is -0.664. The summed E-state index contributed by atoms with van der Waals surface area (Å²) >= 11 is 0. The molecule has 0 aromatic heterocycles. The molecule has 7 nitrogen and oxygen atoms in total. The molecule has 0 atom stereocenters. The van der Waals surface area contributed by atoms with Crippen molar-refractivity contribution in [1.29, 1.82) is 0 Å². The molecule has 150 valence electrons. The number of carbonyl (C=O) groups excluding carboxylic acids is 4. The first kappa shape index (κ1) is 20.3. The summed E-state index contributed by atoms with van der Waals surface area (Å²) < 4.78 is 5.07. The number of ether oxygens (including phenoxy) is 1. The number of nitrogens with zero attached hydrogens (tertiary/aromatic N) is 1. The largest absolute Gasteiger partial charge is 0.452 e. The maximum Gasteiger partial charge on any atom is 0.338 e. The van der Waals surface area contributed by atoms with Crippen LogP contribution < -0.4 is 10.2 Å². The van der Waals surface area contributed by atoms with E-state index in [2.05, 4.69) is 5.32 Å². The molecule has 1 heterocycles. The first-order chi connectivity index (χ1) is 13.8. The second-order valence-electron chi connectivity index (χ2n) is 7.07. The topological polar surface area (TPSA) is 92.8 Å². The maximum absolute atomic E-state index is 12.2. The van der Waals surface area contributed by atoms with Gasteiger partial charge in [0.25, 0.3) is 5.91 Å². The average molecular weight is 394 g/mol. The summed E-state index contributed by atoms with van der Waals surface area (Å²) in [6.07, 6.45) is 0.384. The van der Waals surface area contributed by atoms with Crippen molar-refractivity contribution in [2.24, 2.45) is 0 Å². The van der Waals surface area contributed by atoms with Gasteiger partial charge in [-0.05, 0) is 56.2 Å². The summed E-state index contributed by atoms with van der Waals surface area (Å²) in [5, 5.41) is 2.77. The van der Waals surface area contributed by atoms with Crippen LogP contribution in [0.25, 0.3) is 0 Å². The third-order valence-corrected chi connectivity index (χ3v) is 4.69. The number of hydrogen-bond donors (Lipinski definition) is 1. The Morgan fingerprint density at radius 2 is 1.52 bits per heavy atom. The molecule has 1 aliphatic rings. The Morgan fingerprint density at radius 3 is 2.07 bits per heavy atom. The van der Waals surface area contributed by atoms with Crippen molar-refractivity contribution >= 4 is 35.1 Å². The molecule has 2 aromatic rings. The zero-order valence-electron chi connectivity index (χ0n) is 16.6. The van der Waals surface area contributed by atoms with Gasteiger partial charge in [0.05, 0.1) is 11.3 Å². The predicted molar refractivity (Wildman–Crippen MR) is 108 cm³/mol. The van der Waals surface area contributed by atoms with Crippen molar-refractivity contribution in [3.63, 3.8) is 0 Å². The molecule has 0 aliphatic carbocycles. The molecular weight excluding hydrogens is 372 g/mol.